The van der Waals surface area contributed by atoms with Crippen LogP contribution in [0.3, 0.4) is 0 Å². The number of benzene rings is 2. The van der Waals surface area contributed by atoms with E-state index in [1.165, 1.54) is 12.1 Å². The minimum absolute atomic E-state index is 0.117. The topological polar surface area (TPSA) is 74.4 Å². The molecule has 1 aromatic heterocycles. The van der Waals surface area contributed by atoms with Crippen LogP contribution in [-0.4, -0.2) is 22.1 Å². The molecule has 158 valence electrons. The fourth-order valence-corrected chi connectivity index (χ4v) is 3.69. The molecule has 0 bridgehead atoms. The molecule has 3 N–H and O–H groups in total. The SMILES string of the molecule is CC1(C(=O)Nc2c[nH]c3ccc(OCc4ccc(C(F)(F)F)cc4)cc23)CC(O)C1. The second-order valence-electron chi connectivity index (χ2n) is 7.97. The van der Waals surface area contributed by atoms with Crippen molar-refractivity contribution in [1.82, 2.24) is 4.98 Å². The number of aromatic nitrogens is 1. The van der Waals surface area contributed by atoms with Crippen molar-refractivity contribution >= 4 is 22.5 Å². The van der Waals surface area contributed by atoms with Gasteiger partial charge in [0.2, 0.25) is 5.91 Å². The Morgan fingerprint density at radius 3 is 2.57 bits per heavy atom. The average molecular weight is 418 g/mol. The second-order valence-corrected chi connectivity index (χ2v) is 7.97. The number of halogens is 3. The standard InChI is InChI=1S/C22H21F3N2O3/c1-21(9-15(28)10-21)20(29)27-19-11-26-18-7-6-16(8-17(18)19)30-12-13-2-4-14(5-3-13)22(23,24)25/h2-8,11,15,26,28H,9-10,12H2,1H3,(H,27,29). The smallest absolute Gasteiger partial charge is 0.416 e. The first-order chi connectivity index (χ1) is 14.1. The van der Waals surface area contributed by atoms with E-state index in [9.17, 15) is 23.1 Å². The predicted octanol–water partition coefficient (Wildman–Crippen LogP) is 4.87. The van der Waals surface area contributed by atoms with Crippen LogP contribution in [0.5, 0.6) is 5.75 Å². The lowest BCUT2D eigenvalue weighted by molar-refractivity contribution is -0.137. The Kier molecular flexibility index (Phi) is 4.97. The quantitative estimate of drug-likeness (QED) is 0.554. The minimum Gasteiger partial charge on any atom is -0.489 e. The zero-order chi connectivity index (χ0) is 21.5. The Bertz CT molecular complexity index is 1070. The van der Waals surface area contributed by atoms with Crippen molar-refractivity contribution in [3.63, 3.8) is 0 Å². The number of carbonyl (C=O) groups excluding carboxylic acids is 1. The normalized spacial score (nSPS) is 21.3. The molecular formula is C22H21F3N2O3. The van der Waals surface area contributed by atoms with Crippen LogP contribution >= 0.6 is 0 Å². The molecule has 1 heterocycles. The van der Waals surface area contributed by atoms with Gasteiger partial charge in [-0.3, -0.25) is 4.79 Å². The molecule has 0 saturated heterocycles. The minimum atomic E-state index is -4.37. The number of hydrogen-bond donors (Lipinski definition) is 3. The number of aromatic amines is 1. The number of rotatable bonds is 5. The fourth-order valence-electron chi connectivity index (χ4n) is 3.69. The maximum Gasteiger partial charge on any atom is 0.416 e. The summed E-state index contributed by atoms with van der Waals surface area (Å²) in [4.78, 5) is 15.6. The third-order valence-electron chi connectivity index (χ3n) is 5.51. The van der Waals surface area contributed by atoms with Gasteiger partial charge in [0, 0.05) is 17.1 Å². The van der Waals surface area contributed by atoms with Gasteiger partial charge in [-0.05, 0) is 48.7 Å². The number of carbonyl (C=O) groups is 1. The lowest BCUT2D eigenvalue weighted by atomic mass is 9.67. The number of aliphatic hydroxyl groups excluding tert-OH is 1. The number of ether oxygens (including phenoxy) is 1. The van der Waals surface area contributed by atoms with Crippen LogP contribution in [-0.2, 0) is 17.6 Å². The summed E-state index contributed by atoms with van der Waals surface area (Å²) in [6.45, 7) is 1.94. The van der Waals surface area contributed by atoms with Crippen molar-refractivity contribution < 1.29 is 27.8 Å². The Morgan fingerprint density at radius 1 is 1.23 bits per heavy atom. The number of H-pyrrole nitrogens is 1. The van der Waals surface area contributed by atoms with E-state index >= 15 is 0 Å². The maximum atomic E-state index is 12.7. The highest BCUT2D eigenvalue weighted by Crippen LogP contribution is 2.42. The number of nitrogens with one attached hydrogen (secondary N) is 2. The number of aliphatic hydroxyl groups is 1. The first-order valence-corrected chi connectivity index (χ1v) is 9.54. The van der Waals surface area contributed by atoms with Crippen molar-refractivity contribution in [3.05, 3.63) is 59.8 Å². The molecule has 8 heteroatoms. The van der Waals surface area contributed by atoms with E-state index in [1.54, 1.807) is 18.3 Å². The summed E-state index contributed by atoms with van der Waals surface area (Å²) in [6, 6.07) is 10.1. The molecule has 0 atom stereocenters. The number of amides is 1. The number of hydrogen-bond acceptors (Lipinski definition) is 3. The first kappa shape index (κ1) is 20.3. The second kappa shape index (κ2) is 7.36. The van der Waals surface area contributed by atoms with Gasteiger partial charge in [0.25, 0.3) is 0 Å². The summed E-state index contributed by atoms with van der Waals surface area (Å²) in [5.74, 6) is 0.382. The van der Waals surface area contributed by atoms with Gasteiger partial charge in [-0.2, -0.15) is 13.2 Å². The first-order valence-electron chi connectivity index (χ1n) is 9.54. The molecule has 1 amide bonds. The lowest BCUT2D eigenvalue weighted by Gasteiger charge is -2.40. The highest BCUT2D eigenvalue weighted by molar-refractivity contribution is 6.04. The van der Waals surface area contributed by atoms with Crippen LogP contribution in [0, 0.1) is 5.41 Å². The fraction of sp³-hybridized carbons (Fsp3) is 0.318. The van der Waals surface area contributed by atoms with Crippen molar-refractivity contribution in [3.8, 4) is 5.75 Å². The zero-order valence-electron chi connectivity index (χ0n) is 16.2. The van der Waals surface area contributed by atoms with E-state index in [-0.39, 0.29) is 12.5 Å². The van der Waals surface area contributed by atoms with Gasteiger partial charge in [-0.15, -0.1) is 0 Å². The van der Waals surface area contributed by atoms with Crippen LogP contribution in [0.2, 0.25) is 0 Å². The molecule has 3 aromatic rings. The third-order valence-corrected chi connectivity index (χ3v) is 5.51. The Labute approximate surface area is 170 Å². The van der Waals surface area contributed by atoms with Gasteiger partial charge in [-0.1, -0.05) is 19.1 Å². The van der Waals surface area contributed by atoms with Gasteiger partial charge in [0.15, 0.2) is 0 Å². The molecule has 0 unspecified atom stereocenters. The Hall–Kier alpha value is -3.00. The monoisotopic (exact) mass is 418 g/mol. The summed E-state index contributed by atoms with van der Waals surface area (Å²) in [5, 5.41) is 13.2. The Morgan fingerprint density at radius 2 is 1.93 bits per heavy atom. The molecule has 5 nitrogen and oxygen atoms in total. The van der Waals surface area contributed by atoms with E-state index < -0.39 is 23.3 Å². The molecule has 0 spiro atoms. The molecule has 1 fully saturated rings. The number of anilines is 1. The summed E-state index contributed by atoms with van der Waals surface area (Å²) >= 11 is 0. The predicted molar refractivity (Wildman–Crippen MR) is 106 cm³/mol. The average Bonchev–Trinajstić information content (AvgIpc) is 3.07. The van der Waals surface area contributed by atoms with Crippen molar-refractivity contribution in [1.29, 1.82) is 0 Å². The molecule has 0 aliphatic heterocycles. The molecule has 1 aliphatic rings. The van der Waals surface area contributed by atoms with Gasteiger partial charge >= 0.3 is 6.18 Å². The summed E-state index contributed by atoms with van der Waals surface area (Å²) in [6.07, 6.45) is -2.24. The molecule has 1 aliphatic carbocycles. The van der Waals surface area contributed by atoms with Crippen LogP contribution in [0.4, 0.5) is 18.9 Å². The van der Waals surface area contributed by atoms with Crippen LogP contribution in [0.1, 0.15) is 30.9 Å². The summed E-state index contributed by atoms with van der Waals surface area (Å²) in [7, 11) is 0. The van der Waals surface area contributed by atoms with E-state index in [0.717, 1.165) is 23.0 Å². The van der Waals surface area contributed by atoms with E-state index in [4.69, 9.17) is 4.74 Å². The van der Waals surface area contributed by atoms with E-state index in [2.05, 4.69) is 10.3 Å². The van der Waals surface area contributed by atoms with E-state index in [1.807, 2.05) is 13.0 Å². The zero-order valence-corrected chi connectivity index (χ0v) is 16.2. The van der Waals surface area contributed by atoms with Crippen molar-refractivity contribution in [2.24, 2.45) is 5.41 Å². The maximum absolute atomic E-state index is 12.7. The van der Waals surface area contributed by atoms with Gasteiger partial charge < -0.3 is 20.1 Å². The van der Waals surface area contributed by atoms with Gasteiger partial charge in [0.1, 0.15) is 12.4 Å². The largest absolute Gasteiger partial charge is 0.489 e. The summed E-state index contributed by atoms with van der Waals surface area (Å²) < 4.78 is 43.7. The van der Waals surface area contributed by atoms with Crippen LogP contribution in [0.15, 0.2) is 48.7 Å². The number of alkyl halides is 3. The molecule has 1 saturated carbocycles. The molecule has 30 heavy (non-hydrogen) atoms. The van der Waals surface area contributed by atoms with Crippen LogP contribution in [0.25, 0.3) is 10.9 Å². The van der Waals surface area contributed by atoms with Gasteiger partial charge in [0.05, 0.1) is 22.8 Å². The molecule has 2 aromatic carbocycles. The van der Waals surface area contributed by atoms with Crippen molar-refractivity contribution in [2.75, 3.05) is 5.32 Å². The van der Waals surface area contributed by atoms with Gasteiger partial charge in [-0.25, -0.2) is 0 Å². The highest BCUT2D eigenvalue weighted by Gasteiger charge is 2.45. The molecular weight excluding hydrogens is 397 g/mol. The lowest BCUT2D eigenvalue weighted by Crippen LogP contribution is -2.47. The van der Waals surface area contributed by atoms with Crippen molar-refractivity contribution in [2.45, 2.75) is 38.7 Å². The molecule has 0 radical (unpaired) electrons. The Balaban J connectivity index is 1.45. The molecule has 4 rings (SSSR count). The number of fused-ring (bicyclic) bond motifs is 1. The van der Waals surface area contributed by atoms with E-state index in [0.29, 0.717) is 29.8 Å². The highest BCUT2D eigenvalue weighted by atomic mass is 19.4. The third kappa shape index (κ3) is 4.00. The van der Waals surface area contributed by atoms with Crippen LogP contribution < -0.4 is 10.1 Å². The summed E-state index contributed by atoms with van der Waals surface area (Å²) in [5.41, 5.74) is 0.749.